The molecule has 1 aromatic carbocycles. The number of ether oxygens (including phenoxy) is 1. The van der Waals surface area contributed by atoms with Crippen LogP contribution in [-0.2, 0) is 4.74 Å². The minimum atomic E-state index is -0.399. The quantitative estimate of drug-likeness (QED) is 0.579. The van der Waals surface area contributed by atoms with Crippen molar-refractivity contribution in [2.45, 2.75) is 13.3 Å². The number of hydrogen-bond donors (Lipinski definition) is 0. The fourth-order valence-corrected chi connectivity index (χ4v) is 3.83. The van der Waals surface area contributed by atoms with E-state index in [0.717, 1.165) is 63.0 Å². The van der Waals surface area contributed by atoms with Gasteiger partial charge in [-0.1, -0.05) is 0 Å². The van der Waals surface area contributed by atoms with Gasteiger partial charge in [0.05, 0.1) is 11.5 Å². The van der Waals surface area contributed by atoms with Crippen molar-refractivity contribution in [2.24, 2.45) is 5.92 Å². The van der Waals surface area contributed by atoms with Gasteiger partial charge in [-0.3, -0.25) is 15.0 Å². The molecule has 0 bridgehead atoms. The summed E-state index contributed by atoms with van der Waals surface area (Å²) in [5.41, 5.74) is 1.75. The van der Waals surface area contributed by atoms with Gasteiger partial charge in [-0.2, -0.15) is 0 Å². The highest BCUT2D eigenvalue weighted by Gasteiger charge is 2.23. The summed E-state index contributed by atoms with van der Waals surface area (Å²) in [7, 11) is 0. The van der Waals surface area contributed by atoms with Crippen LogP contribution in [0.25, 0.3) is 11.4 Å². The van der Waals surface area contributed by atoms with Crippen molar-refractivity contribution in [3.8, 4) is 11.4 Å². The number of nitro benzene ring substituents is 1. The second kappa shape index (κ2) is 8.20. The zero-order valence-electron chi connectivity index (χ0n) is 16.1. The van der Waals surface area contributed by atoms with E-state index in [1.54, 1.807) is 12.1 Å². The first-order valence-electron chi connectivity index (χ1n) is 9.74. The number of nitro groups is 1. The van der Waals surface area contributed by atoms with E-state index in [-0.39, 0.29) is 5.69 Å². The van der Waals surface area contributed by atoms with Crippen LogP contribution < -0.4 is 4.90 Å². The number of anilines is 1. The second-order valence-electron chi connectivity index (χ2n) is 7.51. The van der Waals surface area contributed by atoms with Gasteiger partial charge < -0.3 is 9.64 Å². The Morgan fingerprint density at radius 1 is 1.18 bits per heavy atom. The van der Waals surface area contributed by atoms with E-state index < -0.39 is 4.92 Å². The topological polar surface area (TPSA) is 84.6 Å². The molecule has 2 aliphatic rings. The molecule has 0 N–H and O–H groups in total. The van der Waals surface area contributed by atoms with Gasteiger partial charge in [0, 0.05) is 68.8 Å². The van der Waals surface area contributed by atoms with Crippen LogP contribution in [0.5, 0.6) is 0 Å². The van der Waals surface area contributed by atoms with Crippen molar-refractivity contribution < 1.29 is 9.66 Å². The summed E-state index contributed by atoms with van der Waals surface area (Å²) in [6.07, 6.45) is 1.17. The van der Waals surface area contributed by atoms with Crippen LogP contribution in [0, 0.1) is 23.0 Å². The maximum absolute atomic E-state index is 10.9. The molecule has 28 heavy (non-hydrogen) atoms. The number of benzene rings is 1. The van der Waals surface area contributed by atoms with E-state index in [4.69, 9.17) is 9.72 Å². The van der Waals surface area contributed by atoms with E-state index in [9.17, 15) is 10.1 Å². The van der Waals surface area contributed by atoms with Crippen LogP contribution in [-0.4, -0.2) is 65.7 Å². The molecule has 2 saturated heterocycles. The Labute approximate surface area is 164 Å². The maximum Gasteiger partial charge on any atom is 0.269 e. The Kier molecular flexibility index (Phi) is 5.50. The van der Waals surface area contributed by atoms with E-state index in [0.29, 0.717) is 11.7 Å². The fraction of sp³-hybridized carbons (Fsp3) is 0.500. The smallest absolute Gasteiger partial charge is 0.269 e. The number of non-ortho nitro benzene ring substituents is 1. The lowest BCUT2D eigenvalue weighted by Crippen LogP contribution is -2.48. The average molecular weight is 383 g/mol. The fourth-order valence-electron chi connectivity index (χ4n) is 3.83. The summed E-state index contributed by atoms with van der Waals surface area (Å²) in [6.45, 7) is 8.77. The molecule has 0 aliphatic carbocycles. The first-order chi connectivity index (χ1) is 13.6. The average Bonchev–Trinajstić information content (AvgIpc) is 3.21. The SMILES string of the molecule is Cc1cc(N2CCN(CC3CCOC3)CC2)nc(-c2ccc([N+](=O)[O-])cc2)n1. The van der Waals surface area contributed by atoms with Crippen molar-refractivity contribution in [2.75, 3.05) is 50.8 Å². The summed E-state index contributed by atoms with van der Waals surface area (Å²) < 4.78 is 5.49. The highest BCUT2D eigenvalue weighted by Crippen LogP contribution is 2.24. The number of rotatable bonds is 5. The first-order valence-corrected chi connectivity index (χ1v) is 9.74. The van der Waals surface area contributed by atoms with Crippen molar-refractivity contribution in [1.29, 1.82) is 0 Å². The highest BCUT2D eigenvalue weighted by molar-refractivity contribution is 5.60. The molecule has 8 nitrogen and oxygen atoms in total. The number of aromatic nitrogens is 2. The van der Waals surface area contributed by atoms with E-state index in [1.165, 1.54) is 18.6 Å². The van der Waals surface area contributed by atoms with Crippen LogP contribution in [0.2, 0.25) is 0 Å². The Hall–Kier alpha value is -2.58. The molecule has 148 valence electrons. The van der Waals surface area contributed by atoms with Crippen LogP contribution in [0.15, 0.2) is 30.3 Å². The lowest BCUT2D eigenvalue weighted by atomic mass is 10.1. The number of nitrogens with zero attached hydrogens (tertiary/aromatic N) is 5. The van der Waals surface area contributed by atoms with Gasteiger partial charge >= 0.3 is 0 Å². The third-order valence-corrected chi connectivity index (χ3v) is 5.41. The van der Waals surface area contributed by atoms with Gasteiger partial charge in [0.25, 0.3) is 5.69 Å². The van der Waals surface area contributed by atoms with E-state index >= 15 is 0 Å². The third kappa shape index (κ3) is 4.28. The number of piperazine rings is 1. The molecule has 1 unspecified atom stereocenters. The molecule has 2 aromatic rings. The molecule has 0 amide bonds. The van der Waals surface area contributed by atoms with Crippen molar-refractivity contribution in [1.82, 2.24) is 14.9 Å². The van der Waals surface area contributed by atoms with Gasteiger partial charge in [0.2, 0.25) is 0 Å². The Morgan fingerprint density at radius 2 is 1.93 bits per heavy atom. The van der Waals surface area contributed by atoms with Gasteiger partial charge in [-0.25, -0.2) is 9.97 Å². The summed E-state index contributed by atoms with van der Waals surface area (Å²) >= 11 is 0. The van der Waals surface area contributed by atoms with Gasteiger partial charge in [-0.15, -0.1) is 0 Å². The molecule has 0 saturated carbocycles. The van der Waals surface area contributed by atoms with Crippen LogP contribution >= 0.6 is 0 Å². The van der Waals surface area contributed by atoms with Crippen molar-refractivity contribution in [3.63, 3.8) is 0 Å². The molecule has 0 radical (unpaired) electrons. The molecular formula is C20H25N5O3. The predicted octanol–water partition coefficient (Wildman–Crippen LogP) is 2.52. The number of hydrogen-bond acceptors (Lipinski definition) is 7. The zero-order valence-corrected chi connectivity index (χ0v) is 16.1. The predicted molar refractivity (Wildman–Crippen MR) is 106 cm³/mol. The minimum Gasteiger partial charge on any atom is -0.381 e. The van der Waals surface area contributed by atoms with Gasteiger partial charge in [-0.05, 0) is 31.4 Å². The minimum absolute atomic E-state index is 0.0698. The summed E-state index contributed by atoms with van der Waals surface area (Å²) in [5, 5.41) is 10.9. The highest BCUT2D eigenvalue weighted by atomic mass is 16.6. The molecule has 2 aliphatic heterocycles. The molecule has 4 rings (SSSR count). The molecule has 8 heteroatoms. The maximum atomic E-state index is 10.9. The monoisotopic (exact) mass is 383 g/mol. The Bertz CT molecular complexity index is 828. The van der Waals surface area contributed by atoms with Crippen LogP contribution in [0.1, 0.15) is 12.1 Å². The Balaban J connectivity index is 1.44. The Morgan fingerprint density at radius 3 is 2.57 bits per heavy atom. The summed E-state index contributed by atoms with van der Waals surface area (Å²) in [5.74, 6) is 2.20. The van der Waals surface area contributed by atoms with Crippen LogP contribution in [0.4, 0.5) is 11.5 Å². The molecular weight excluding hydrogens is 358 g/mol. The third-order valence-electron chi connectivity index (χ3n) is 5.41. The molecule has 1 aromatic heterocycles. The van der Waals surface area contributed by atoms with E-state index in [2.05, 4.69) is 14.8 Å². The molecule has 2 fully saturated rings. The normalized spacial score (nSPS) is 20.5. The lowest BCUT2D eigenvalue weighted by Gasteiger charge is -2.36. The molecule has 0 spiro atoms. The number of aryl methyl sites for hydroxylation is 1. The zero-order chi connectivity index (χ0) is 19.5. The first kappa shape index (κ1) is 18.8. The molecule has 3 heterocycles. The van der Waals surface area contributed by atoms with Gasteiger partial charge in [0.15, 0.2) is 5.82 Å². The second-order valence-corrected chi connectivity index (χ2v) is 7.51. The van der Waals surface area contributed by atoms with Crippen molar-refractivity contribution >= 4 is 11.5 Å². The van der Waals surface area contributed by atoms with Gasteiger partial charge in [0.1, 0.15) is 5.82 Å². The van der Waals surface area contributed by atoms with Crippen LogP contribution in [0.3, 0.4) is 0 Å². The lowest BCUT2D eigenvalue weighted by molar-refractivity contribution is -0.384. The summed E-state index contributed by atoms with van der Waals surface area (Å²) in [4.78, 5) is 24.5. The standard InChI is InChI=1S/C20H25N5O3/c1-15-12-19(22-20(21-15)17-2-4-18(5-3-17)25(26)27)24-9-7-23(8-10-24)13-16-6-11-28-14-16/h2-5,12,16H,6-11,13-14H2,1H3. The summed E-state index contributed by atoms with van der Waals surface area (Å²) in [6, 6.07) is 8.41. The largest absolute Gasteiger partial charge is 0.381 e. The van der Waals surface area contributed by atoms with E-state index in [1.807, 2.05) is 13.0 Å². The molecule has 1 atom stereocenters. The van der Waals surface area contributed by atoms with Crippen molar-refractivity contribution in [3.05, 3.63) is 46.1 Å².